The molecular formula is C17H26N2O. The Morgan fingerprint density at radius 1 is 1.45 bits per heavy atom. The van der Waals surface area contributed by atoms with Gasteiger partial charge in [-0.25, -0.2) is 0 Å². The number of rotatable bonds is 4. The Hall–Kier alpha value is -1.25. The summed E-state index contributed by atoms with van der Waals surface area (Å²) < 4.78 is 0. The van der Waals surface area contributed by atoms with Crippen LogP contribution in [-0.4, -0.2) is 22.3 Å². The van der Waals surface area contributed by atoms with E-state index in [2.05, 4.69) is 32.6 Å². The molecule has 0 bridgehead atoms. The average Bonchev–Trinajstić information content (AvgIpc) is 3.01. The van der Waals surface area contributed by atoms with Gasteiger partial charge in [-0.15, -0.1) is 0 Å². The van der Waals surface area contributed by atoms with Crippen molar-refractivity contribution >= 4 is 5.78 Å². The van der Waals surface area contributed by atoms with E-state index in [4.69, 9.17) is 5.73 Å². The number of hydrogen-bond acceptors (Lipinski definition) is 3. The maximum Gasteiger partial charge on any atom is 0.161 e. The molecule has 3 aliphatic rings. The van der Waals surface area contributed by atoms with Crippen LogP contribution >= 0.6 is 0 Å². The van der Waals surface area contributed by atoms with Gasteiger partial charge in [-0.1, -0.05) is 20.8 Å². The fraction of sp³-hybridized carbons (Fsp3) is 0.706. The van der Waals surface area contributed by atoms with Gasteiger partial charge in [0.15, 0.2) is 5.78 Å². The lowest BCUT2D eigenvalue weighted by molar-refractivity contribution is -0.113. The minimum Gasteiger partial charge on any atom is -0.401 e. The van der Waals surface area contributed by atoms with Gasteiger partial charge in [0.25, 0.3) is 0 Å². The molecule has 3 rings (SSSR count). The number of allylic oxidation sites excluding steroid dienone is 1. The Morgan fingerprint density at radius 3 is 2.50 bits per heavy atom. The van der Waals surface area contributed by atoms with Crippen molar-refractivity contribution in [3.8, 4) is 0 Å². The molecule has 1 aliphatic heterocycles. The Balaban J connectivity index is 2.12. The predicted molar refractivity (Wildman–Crippen MR) is 80.8 cm³/mol. The van der Waals surface area contributed by atoms with Crippen molar-refractivity contribution < 1.29 is 4.79 Å². The third-order valence-corrected chi connectivity index (χ3v) is 5.21. The lowest BCUT2D eigenvalue weighted by Gasteiger charge is -2.45. The molecule has 0 aromatic heterocycles. The summed E-state index contributed by atoms with van der Waals surface area (Å²) in [6, 6.07) is 0.357. The maximum atomic E-state index is 12.2. The van der Waals surface area contributed by atoms with Gasteiger partial charge in [-0.2, -0.15) is 0 Å². The van der Waals surface area contributed by atoms with E-state index in [0.717, 1.165) is 23.3 Å². The minimum absolute atomic E-state index is 0.183. The molecule has 0 radical (unpaired) electrons. The molecule has 0 amide bonds. The van der Waals surface area contributed by atoms with Crippen molar-refractivity contribution in [3.63, 3.8) is 0 Å². The van der Waals surface area contributed by atoms with Crippen molar-refractivity contribution in [1.29, 1.82) is 0 Å². The monoisotopic (exact) mass is 274 g/mol. The molecule has 1 saturated carbocycles. The Morgan fingerprint density at radius 2 is 2.05 bits per heavy atom. The van der Waals surface area contributed by atoms with E-state index in [9.17, 15) is 4.79 Å². The van der Waals surface area contributed by atoms with Crippen molar-refractivity contribution in [2.24, 2.45) is 17.6 Å². The molecule has 1 fully saturated rings. The molecule has 0 aromatic rings. The summed E-state index contributed by atoms with van der Waals surface area (Å²) in [6.45, 7) is 10.7. The second kappa shape index (κ2) is 4.12. The van der Waals surface area contributed by atoms with Gasteiger partial charge in [0.2, 0.25) is 0 Å². The first-order chi connectivity index (χ1) is 9.28. The third-order valence-electron chi connectivity index (χ3n) is 5.21. The standard InChI is InChI=1S/C17H26N2O/c1-9(2)8-12-13(11(4)20)14-15(18)10(3)16(14)19(12)17(5)6-7-17/h9-10,16H,6-8,18H2,1-5H3. The highest BCUT2D eigenvalue weighted by Gasteiger charge is 2.57. The second-order valence-electron chi connectivity index (χ2n) is 7.45. The quantitative estimate of drug-likeness (QED) is 0.857. The topological polar surface area (TPSA) is 46.3 Å². The van der Waals surface area contributed by atoms with E-state index in [1.807, 2.05) is 0 Å². The van der Waals surface area contributed by atoms with Crippen LogP contribution in [0.3, 0.4) is 0 Å². The molecule has 0 aromatic carbocycles. The van der Waals surface area contributed by atoms with Gasteiger partial charge < -0.3 is 10.6 Å². The number of carbonyl (C=O) groups excluding carboxylic acids is 1. The Bertz CT molecular complexity index is 537. The SMILES string of the molecule is CC(=O)C1=C(CC(C)C)N(C2(C)CC2)C2C1=C(N)C2C. The van der Waals surface area contributed by atoms with E-state index in [1.54, 1.807) is 6.92 Å². The van der Waals surface area contributed by atoms with Crippen LogP contribution in [0.15, 0.2) is 22.5 Å². The molecule has 2 atom stereocenters. The number of carbonyl (C=O) groups is 1. The molecule has 110 valence electrons. The van der Waals surface area contributed by atoms with Crippen molar-refractivity contribution in [1.82, 2.24) is 4.90 Å². The molecule has 3 nitrogen and oxygen atoms in total. The number of nitrogens with two attached hydrogens (primary N) is 1. The lowest BCUT2D eigenvalue weighted by Crippen LogP contribution is -2.50. The molecule has 20 heavy (non-hydrogen) atoms. The zero-order valence-corrected chi connectivity index (χ0v) is 13.3. The number of Topliss-reactive ketones (excluding diaryl/α,β-unsaturated/α-hetero) is 1. The van der Waals surface area contributed by atoms with Gasteiger partial charge in [0.05, 0.1) is 6.04 Å². The van der Waals surface area contributed by atoms with Crippen LogP contribution in [0.4, 0.5) is 0 Å². The molecule has 0 saturated heterocycles. The minimum atomic E-state index is 0.183. The number of hydrogen-bond donors (Lipinski definition) is 1. The normalized spacial score (nSPS) is 30.8. The summed E-state index contributed by atoms with van der Waals surface area (Å²) >= 11 is 0. The summed E-state index contributed by atoms with van der Waals surface area (Å²) in [5, 5.41) is 0. The third kappa shape index (κ3) is 1.68. The fourth-order valence-corrected chi connectivity index (χ4v) is 3.89. The van der Waals surface area contributed by atoms with Gasteiger partial charge in [-0.05, 0) is 39.0 Å². The molecular weight excluding hydrogens is 248 g/mol. The summed E-state index contributed by atoms with van der Waals surface area (Å²) in [5.41, 5.74) is 10.8. The molecule has 2 unspecified atom stereocenters. The molecule has 3 heteroatoms. The first-order valence-electron chi connectivity index (χ1n) is 7.81. The molecule has 2 N–H and O–H groups in total. The highest BCUT2D eigenvalue weighted by Crippen LogP contribution is 2.57. The van der Waals surface area contributed by atoms with Gasteiger partial charge in [0.1, 0.15) is 0 Å². The summed E-state index contributed by atoms with van der Waals surface area (Å²) in [5.74, 6) is 1.11. The van der Waals surface area contributed by atoms with Crippen molar-refractivity contribution in [3.05, 3.63) is 22.5 Å². The highest BCUT2D eigenvalue weighted by atomic mass is 16.1. The maximum absolute atomic E-state index is 12.2. The molecule has 0 spiro atoms. The summed E-state index contributed by atoms with van der Waals surface area (Å²) in [4.78, 5) is 14.8. The Kier molecular flexibility index (Phi) is 2.83. The van der Waals surface area contributed by atoms with E-state index in [-0.39, 0.29) is 11.3 Å². The number of ketones is 1. The largest absolute Gasteiger partial charge is 0.401 e. The van der Waals surface area contributed by atoms with Crippen molar-refractivity contribution in [2.45, 2.75) is 65.5 Å². The average molecular weight is 274 g/mol. The van der Waals surface area contributed by atoms with Gasteiger partial charge in [-0.3, -0.25) is 4.79 Å². The highest BCUT2D eigenvalue weighted by molar-refractivity contribution is 6.01. The Labute approximate surface area is 121 Å². The van der Waals surface area contributed by atoms with Crippen LogP contribution in [0, 0.1) is 11.8 Å². The van der Waals surface area contributed by atoms with Crippen LogP contribution in [0.2, 0.25) is 0 Å². The predicted octanol–water partition coefficient (Wildman–Crippen LogP) is 2.97. The van der Waals surface area contributed by atoms with Gasteiger partial charge >= 0.3 is 0 Å². The summed E-state index contributed by atoms with van der Waals surface area (Å²) in [7, 11) is 0. The van der Waals surface area contributed by atoms with E-state index in [0.29, 0.717) is 17.9 Å². The van der Waals surface area contributed by atoms with Gasteiger partial charge in [0, 0.05) is 34.0 Å². The first kappa shape index (κ1) is 13.7. The zero-order valence-electron chi connectivity index (χ0n) is 13.3. The first-order valence-corrected chi connectivity index (χ1v) is 7.81. The van der Waals surface area contributed by atoms with Crippen LogP contribution in [0.5, 0.6) is 0 Å². The second-order valence-corrected chi connectivity index (χ2v) is 7.45. The van der Waals surface area contributed by atoms with E-state index in [1.165, 1.54) is 18.5 Å². The summed E-state index contributed by atoms with van der Waals surface area (Å²) in [6.07, 6.45) is 3.44. The fourth-order valence-electron chi connectivity index (χ4n) is 3.89. The van der Waals surface area contributed by atoms with Crippen LogP contribution in [-0.2, 0) is 4.79 Å². The van der Waals surface area contributed by atoms with E-state index < -0.39 is 0 Å². The van der Waals surface area contributed by atoms with Crippen molar-refractivity contribution in [2.75, 3.05) is 0 Å². The van der Waals surface area contributed by atoms with Crippen LogP contribution in [0.25, 0.3) is 0 Å². The lowest BCUT2D eigenvalue weighted by atomic mass is 9.75. The molecule has 2 aliphatic carbocycles. The van der Waals surface area contributed by atoms with Crippen LogP contribution < -0.4 is 5.73 Å². The number of nitrogens with zero attached hydrogens (tertiary/aromatic N) is 1. The van der Waals surface area contributed by atoms with Crippen LogP contribution in [0.1, 0.15) is 53.9 Å². The zero-order chi connectivity index (χ0) is 14.8. The van der Waals surface area contributed by atoms with E-state index >= 15 is 0 Å². The molecule has 1 heterocycles. The smallest absolute Gasteiger partial charge is 0.161 e. The number of fused-ring (bicyclic) bond motifs is 1.